The highest BCUT2D eigenvalue weighted by Gasteiger charge is 2.14. The molecule has 2 aromatic rings. The molecule has 0 atom stereocenters. The van der Waals surface area contributed by atoms with Crippen LogP contribution < -0.4 is 10.1 Å². The summed E-state index contributed by atoms with van der Waals surface area (Å²) < 4.78 is 5.80. The molecule has 0 amide bonds. The molecule has 1 aromatic carbocycles. The first-order valence-corrected chi connectivity index (χ1v) is 6.34. The van der Waals surface area contributed by atoms with E-state index in [1.54, 1.807) is 6.20 Å². The molecule has 19 heavy (non-hydrogen) atoms. The fourth-order valence-corrected chi connectivity index (χ4v) is 1.99. The van der Waals surface area contributed by atoms with Crippen molar-refractivity contribution in [3.8, 4) is 5.88 Å². The van der Waals surface area contributed by atoms with Gasteiger partial charge in [-0.1, -0.05) is 30.3 Å². The third kappa shape index (κ3) is 2.73. The Balaban J connectivity index is 1.77. The molecule has 3 rings (SSSR count). The van der Waals surface area contributed by atoms with Crippen LogP contribution in [0.4, 0.5) is 0 Å². The Bertz CT molecular complexity index is 581. The van der Waals surface area contributed by atoms with E-state index < -0.39 is 0 Å². The second-order valence-electron chi connectivity index (χ2n) is 4.29. The van der Waals surface area contributed by atoms with Crippen LogP contribution in [0.5, 0.6) is 5.88 Å². The number of nitrogens with zero attached hydrogens (tertiary/aromatic N) is 2. The van der Waals surface area contributed by atoms with E-state index >= 15 is 0 Å². The minimum absolute atomic E-state index is 0.512. The van der Waals surface area contributed by atoms with E-state index in [0.717, 1.165) is 30.1 Å². The van der Waals surface area contributed by atoms with E-state index in [9.17, 15) is 0 Å². The number of aliphatic imine (C=N–C) groups is 1. The van der Waals surface area contributed by atoms with Gasteiger partial charge in [-0.25, -0.2) is 4.98 Å². The SMILES string of the molecule is c1ccc(COc2ncccc2C2=NCCN2)cc1. The zero-order valence-corrected chi connectivity index (χ0v) is 10.5. The number of aromatic nitrogens is 1. The van der Waals surface area contributed by atoms with Crippen molar-refractivity contribution in [2.75, 3.05) is 13.1 Å². The maximum atomic E-state index is 5.80. The molecule has 4 nitrogen and oxygen atoms in total. The average molecular weight is 253 g/mol. The fourth-order valence-electron chi connectivity index (χ4n) is 1.99. The van der Waals surface area contributed by atoms with Crippen LogP contribution in [0.15, 0.2) is 53.7 Å². The molecule has 0 unspecified atom stereocenters. The van der Waals surface area contributed by atoms with Crippen molar-refractivity contribution in [3.05, 3.63) is 59.8 Å². The molecule has 0 bridgehead atoms. The maximum absolute atomic E-state index is 5.80. The normalized spacial score (nSPS) is 13.8. The van der Waals surface area contributed by atoms with Crippen molar-refractivity contribution in [3.63, 3.8) is 0 Å². The maximum Gasteiger partial charge on any atom is 0.224 e. The minimum Gasteiger partial charge on any atom is -0.472 e. The molecule has 0 saturated heterocycles. The van der Waals surface area contributed by atoms with Crippen LogP contribution in [-0.2, 0) is 6.61 Å². The summed E-state index contributed by atoms with van der Waals surface area (Å²) >= 11 is 0. The molecular weight excluding hydrogens is 238 g/mol. The lowest BCUT2D eigenvalue weighted by Gasteiger charge is -2.10. The molecule has 1 aromatic heterocycles. The molecule has 96 valence electrons. The lowest BCUT2D eigenvalue weighted by molar-refractivity contribution is 0.293. The molecule has 4 heteroatoms. The summed E-state index contributed by atoms with van der Waals surface area (Å²) in [7, 11) is 0. The van der Waals surface area contributed by atoms with Crippen LogP contribution in [-0.4, -0.2) is 23.9 Å². The van der Waals surface area contributed by atoms with Crippen molar-refractivity contribution in [1.29, 1.82) is 0 Å². The van der Waals surface area contributed by atoms with Gasteiger partial charge in [0.2, 0.25) is 5.88 Å². The molecule has 2 heterocycles. The van der Waals surface area contributed by atoms with Crippen molar-refractivity contribution < 1.29 is 4.74 Å². The van der Waals surface area contributed by atoms with Gasteiger partial charge in [0.05, 0.1) is 12.1 Å². The second kappa shape index (κ2) is 5.52. The number of nitrogens with one attached hydrogen (secondary N) is 1. The molecule has 0 spiro atoms. The highest BCUT2D eigenvalue weighted by atomic mass is 16.5. The van der Waals surface area contributed by atoms with Crippen LogP contribution in [0.25, 0.3) is 0 Å². The van der Waals surface area contributed by atoms with Gasteiger partial charge >= 0.3 is 0 Å². The van der Waals surface area contributed by atoms with Gasteiger partial charge in [-0.05, 0) is 17.7 Å². The number of rotatable bonds is 4. The van der Waals surface area contributed by atoms with Gasteiger partial charge in [0.15, 0.2) is 0 Å². The summed E-state index contributed by atoms with van der Waals surface area (Å²) in [4.78, 5) is 8.70. The zero-order chi connectivity index (χ0) is 12.9. The van der Waals surface area contributed by atoms with Crippen molar-refractivity contribution in [2.45, 2.75) is 6.61 Å². The monoisotopic (exact) mass is 253 g/mol. The zero-order valence-electron chi connectivity index (χ0n) is 10.5. The first kappa shape index (κ1) is 11.7. The molecule has 0 radical (unpaired) electrons. The Morgan fingerprint density at radius 1 is 1.11 bits per heavy atom. The molecular formula is C15H15N3O. The molecule has 0 fully saturated rings. The predicted molar refractivity (Wildman–Crippen MR) is 74.4 cm³/mol. The van der Waals surface area contributed by atoms with E-state index in [1.165, 1.54) is 0 Å². The lowest BCUT2D eigenvalue weighted by Crippen LogP contribution is -2.20. The fraction of sp³-hybridized carbons (Fsp3) is 0.200. The standard InChI is InChI=1S/C15H15N3O/c1-2-5-12(6-3-1)11-19-15-13(7-4-8-18-15)14-16-9-10-17-14/h1-8H,9-11H2,(H,16,17). The van der Waals surface area contributed by atoms with E-state index in [2.05, 4.69) is 15.3 Å². The number of hydrogen-bond acceptors (Lipinski definition) is 4. The predicted octanol–water partition coefficient (Wildman–Crippen LogP) is 2.01. The molecule has 1 N–H and O–H groups in total. The Hall–Kier alpha value is -2.36. The second-order valence-corrected chi connectivity index (χ2v) is 4.29. The van der Waals surface area contributed by atoms with Gasteiger partial charge in [-0.15, -0.1) is 0 Å². The highest BCUT2D eigenvalue weighted by Crippen LogP contribution is 2.17. The van der Waals surface area contributed by atoms with Gasteiger partial charge in [0, 0.05) is 12.7 Å². The van der Waals surface area contributed by atoms with Crippen LogP contribution in [0.1, 0.15) is 11.1 Å². The molecule has 0 saturated carbocycles. The molecule has 1 aliphatic rings. The van der Waals surface area contributed by atoms with E-state index in [4.69, 9.17) is 4.74 Å². The number of ether oxygens (including phenoxy) is 1. The van der Waals surface area contributed by atoms with Gasteiger partial charge in [0.25, 0.3) is 0 Å². The van der Waals surface area contributed by atoms with Crippen molar-refractivity contribution in [1.82, 2.24) is 10.3 Å². The number of pyridine rings is 1. The summed E-state index contributed by atoms with van der Waals surface area (Å²) in [5.74, 6) is 1.50. The Morgan fingerprint density at radius 3 is 2.79 bits per heavy atom. The summed E-state index contributed by atoms with van der Waals surface area (Å²) in [5, 5.41) is 3.24. The quantitative estimate of drug-likeness (QED) is 0.906. The van der Waals surface area contributed by atoms with E-state index in [1.807, 2.05) is 42.5 Å². The van der Waals surface area contributed by atoms with Gasteiger partial charge in [-0.3, -0.25) is 4.99 Å². The van der Waals surface area contributed by atoms with Crippen molar-refractivity contribution >= 4 is 5.84 Å². The summed E-state index contributed by atoms with van der Waals surface area (Å²) in [6.07, 6.45) is 1.74. The average Bonchev–Trinajstić information content (AvgIpc) is 3.01. The van der Waals surface area contributed by atoms with E-state index in [-0.39, 0.29) is 0 Å². The number of hydrogen-bond donors (Lipinski definition) is 1. The third-order valence-corrected chi connectivity index (χ3v) is 2.92. The largest absolute Gasteiger partial charge is 0.472 e. The van der Waals surface area contributed by atoms with Crippen LogP contribution in [0, 0.1) is 0 Å². The Kier molecular flexibility index (Phi) is 3.40. The van der Waals surface area contributed by atoms with Crippen LogP contribution in [0.2, 0.25) is 0 Å². The minimum atomic E-state index is 0.512. The smallest absolute Gasteiger partial charge is 0.224 e. The summed E-state index contributed by atoms with van der Waals surface area (Å²) in [6, 6.07) is 13.9. The van der Waals surface area contributed by atoms with Gasteiger partial charge in [0.1, 0.15) is 12.4 Å². The number of benzene rings is 1. The summed E-state index contributed by atoms with van der Waals surface area (Å²) in [5.41, 5.74) is 2.05. The first-order valence-electron chi connectivity index (χ1n) is 6.34. The Morgan fingerprint density at radius 2 is 2.00 bits per heavy atom. The van der Waals surface area contributed by atoms with Crippen LogP contribution >= 0.6 is 0 Å². The lowest BCUT2D eigenvalue weighted by atomic mass is 10.2. The molecule has 1 aliphatic heterocycles. The number of amidine groups is 1. The first-order chi connectivity index (χ1) is 9.43. The van der Waals surface area contributed by atoms with E-state index in [0.29, 0.717) is 12.5 Å². The third-order valence-electron chi connectivity index (χ3n) is 2.92. The highest BCUT2D eigenvalue weighted by molar-refractivity contribution is 6.01. The summed E-state index contributed by atoms with van der Waals surface area (Å²) in [6.45, 7) is 2.20. The topological polar surface area (TPSA) is 46.5 Å². The van der Waals surface area contributed by atoms with Gasteiger partial charge in [-0.2, -0.15) is 0 Å². The Labute approximate surface area is 112 Å². The van der Waals surface area contributed by atoms with Gasteiger partial charge < -0.3 is 10.1 Å². The molecule has 0 aliphatic carbocycles. The van der Waals surface area contributed by atoms with Crippen molar-refractivity contribution in [2.24, 2.45) is 4.99 Å². The van der Waals surface area contributed by atoms with Crippen LogP contribution in [0.3, 0.4) is 0 Å².